The lowest BCUT2D eigenvalue weighted by molar-refractivity contribution is 0.0751. The van der Waals surface area contributed by atoms with Gasteiger partial charge in [0.1, 0.15) is 0 Å². The van der Waals surface area contributed by atoms with Crippen molar-refractivity contribution < 1.29 is 9.90 Å². The van der Waals surface area contributed by atoms with Gasteiger partial charge in [0.2, 0.25) is 0 Å². The first-order chi connectivity index (χ1) is 14.1. The molecule has 4 rings (SSSR count). The number of hydrogen-bond acceptors (Lipinski definition) is 8. The Labute approximate surface area is 175 Å². The highest BCUT2D eigenvalue weighted by atomic mass is 32.1. The van der Waals surface area contributed by atoms with Gasteiger partial charge in [0.25, 0.3) is 5.91 Å². The first kappa shape index (κ1) is 20.1. The predicted octanol–water partition coefficient (Wildman–Crippen LogP) is 0.923. The van der Waals surface area contributed by atoms with E-state index in [4.69, 9.17) is 5.11 Å². The van der Waals surface area contributed by atoms with Crippen molar-refractivity contribution in [3.8, 4) is 0 Å². The molecule has 2 fully saturated rings. The van der Waals surface area contributed by atoms with Crippen molar-refractivity contribution >= 4 is 28.9 Å². The summed E-state index contributed by atoms with van der Waals surface area (Å²) in [5, 5.41) is 20.0. The van der Waals surface area contributed by atoms with E-state index in [0.29, 0.717) is 13.1 Å². The highest BCUT2D eigenvalue weighted by molar-refractivity contribution is 7.12. The maximum absolute atomic E-state index is 12.6. The molecule has 29 heavy (non-hydrogen) atoms. The number of amides is 1. The maximum Gasteiger partial charge on any atom is 0.264 e. The van der Waals surface area contributed by atoms with Crippen LogP contribution < -0.4 is 9.80 Å². The van der Waals surface area contributed by atoms with Gasteiger partial charge < -0.3 is 19.8 Å². The minimum atomic E-state index is 0.129. The number of aliphatic hydroxyl groups is 1. The minimum absolute atomic E-state index is 0.129. The molecule has 0 radical (unpaired) electrons. The molecule has 0 unspecified atom stereocenters. The Kier molecular flexibility index (Phi) is 6.27. The van der Waals surface area contributed by atoms with E-state index in [1.807, 2.05) is 35.4 Å². The average Bonchev–Trinajstić information content (AvgIpc) is 3.21. The molecule has 156 valence electrons. The molecule has 0 atom stereocenters. The molecular weight excluding hydrogens is 388 g/mol. The zero-order chi connectivity index (χ0) is 20.2. The largest absolute Gasteiger partial charge is 0.395 e. The molecule has 9 heteroatoms. The summed E-state index contributed by atoms with van der Waals surface area (Å²) < 4.78 is 0. The molecule has 2 saturated heterocycles. The summed E-state index contributed by atoms with van der Waals surface area (Å²) in [4.78, 5) is 22.0. The Bertz CT molecular complexity index is 811. The first-order valence-electron chi connectivity index (χ1n) is 10.2. The van der Waals surface area contributed by atoms with Gasteiger partial charge in [-0.25, -0.2) is 0 Å². The molecular formula is C20H28N6O2S. The lowest BCUT2D eigenvalue weighted by Gasteiger charge is -2.36. The van der Waals surface area contributed by atoms with E-state index < -0.39 is 0 Å². The third-order valence-electron chi connectivity index (χ3n) is 5.58. The summed E-state index contributed by atoms with van der Waals surface area (Å²) in [5.74, 6) is 1.90. The summed E-state index contributed by atoms with van der Waals surface area (Å²) >= 11 is 1.52. The highest BCUT2D eigenvalue weighted by Gasteiger charge is 2.24. The van der Waals surface area contributed by atoms with Crippen LogP contribution in [0.4, 0.5) is 11.6 Å². The molecule has 1 amide bonds. The van der Waals surface area contributed by atoms with E-state index in [1.54, 1.807) is 0 Å². The second kappa shape index (κ2) is 9.06. The fourth-order valence-electron chi connectivity index (χ4n) is 3.84. The first-order valence-corrected chi connectivity index (χ1v) is 11.0. The van der Waals surface area contributed by atoms with Gasteiger partial charge >= 0.3 is 0 Å². The van der Waals surface area contributed by atoms with Gasteiger partial charge in [0, 0.05) is 58.9 Å². The van der Waals surface area contributed by atoms with Crippen LogP contribution in [0.25, 0.3) is 0 Å². The van der Waals surface area contributed by atoms with Crippen molar-refractivity contribution in [1.82, 2.24) is 20.0 Å². The quantitative estimate of drug-likeness (QED) is 0.777. The Hall–Kier alpha value is -2.23. The standard InChI is InChI=1S/C20H28N6O2S/c1-16-14-17(29-15-16)20(28)26-10-8-25(9-11-26)19-3-2-18(21-22-19)24-6-4-23(5-7-24)12-13-27/h2-3,14-15,27H,4-13H2,1H3. The number of thiophene rings is 1. The maximum atomic E-state index is 12.6. The molecule has 2 aromatic rings. The molecule has 8 nitrogen and oxygen atoms in total. The molecule has 0 aliphatic carbocycles. The normalized spacial score (nSPS) is 18.3. The van der Waals surface area contributed by atoms with E-state index >= 15 is 0 Å². The Morgan fingerprint density at radius 3 is 2.07 bits per heavy atom. The number of piperazine rings is 2. The lowest BCUT2D eigenvalue weighted by atomic mass is 10.2. The van der Waals surface area contributed by atoms with E-state index in [9.17, 15) is 4.79 Å². The number of β-amino-alcohol motifs (C(OH)–C–C–N with tert-alkyl or cyclic N) is 1. The highest BCUT2D eigenvalue weighted by Crippen LogP contribution is 2.20. The Balaban J connectivity index is 1.30. The number of aliphatic hydroxyl groups excluding tert-OH is 1. The summed E-state index contributed by atoms with van der Waals surface area (Å²) in [6, 6.07) is 6.03. The van der Waals surface area contributed by atoms with E-state index in [-0.39, 0.29) is 12.5 Å². The number of aryl methyl sites for hydroxylation is 1. The van der Waals surface area contributed by atoms with Crippen LogP contribution in [0.2, 0.25) is 0 Å². The smallest absolute Gasteiger partial charge is 0.264 e. The number of hydrogen-bond donors (Lipinski definition) is 1. The van der Waals surface area contributed by atoms with Crippen molar-refractivity contribution in [3.63, 3.8) is 0 Å². The van der Waals surface area contributed by atoms with Crippen LogP contribution >= 0.6 is 11.3 Å². The summed E-state index contributed by atoms with van der Waals surface area (Å²) in [6.07, 6.45) is 0. The Morgan fingerprint density at radius 1 is 1.00 bits per heavy atom. The molecule has 0 saturated carbocycles. The van der Waals surface area contributed by atoms with Crippen molar-refractivity contribution in [3.05, 3.63) is 34.0 Å². The van der Waals surface area contributed by atoms with Crippen LogP contribution in [0.5, 0.6) is 0 Å². The summed E-state index contributed by atoms with van der Waals surface area (Å²) in [7, 11) is 0. The molecule has 2 aromatic heterocycles. The van der Waals surface area contributed by atoms with Gasteiger partial charge in [-0.3, -0.25) is 9.69 Å². The average molecular weight is 417 g/mol. The monoisotopic (exact) mass is 416 g/mol. The predicted molar refractivity (Wildman–Crippen MR) is 115 cm³/mol. The number of aromatic nitrogens is 2. The number of anilines is 2. The van der Waals surface area contributed by atoms with Crippen molar-refractivity contribution in [1.29, 1.82) is 0 Å². The third kappa shape index (κ3) is 4.68. The molecule has 0 bridgehead atoms. The second-order valence-electron chi connectivity index (χ2n) is 7.57. The van der Waals surface area contributed by atoms with Crippen molar-refractivity contribution in [2.75, 3.05) is 75.3 Å². The summed E-state index contributed by atoms with van der Waals surface area (Å²) in [5.41, 5.74) is 1.14. The SMILES string of the molecule is Cc1csc(C(=O)N2CCN(c3ccc(N4CCN(CCO)CC4)nn3)CC2)c1. The van der Waals surface area contributed by atoms with Gasteiger partial charge in [-0.05, 0) is 36.1 Å². The van der Waals surface area contributed by atoms with Gasteiger partial charge in [-0.1, -0.05) is 0 Å². The number of nitrogens with zero attached hydrogens (tertiary/aromatic N) is 6. The Morgan fingerprint density at radius 2 is 1.59 bits per heavy atom. The fraction of sp³-hybridized carbons (Fsp3) is 0.550. The van der Waals surface area contributed by atoms with Gasteiger partial charge in [0.05, 0.1) is 11.5 Å². The fourth-order valence-corrected chi connectivity index (χ4v) is 4.70. The van der Waals surface area contributed by atoms with E-state index in [0.717, 1.165) is 67.9 Å². The van der Waals surface area contributed by atoms with Crippen LogP contribution in [0.1, 0.15) is 15.2 Å². The van der Waals surface area contributed by atoms with E-state index in [1.165, 1.54) is 11.3 Å². The molecule has 4 heterocycles. The molecule has 2 aliphatic rings. The number of carbonyl (C=O) groups is 1. The molecule has 0 aromatic carbocycles. The summed E-state index contributed by atoms with van der Waals surface area (Å²) in [6.45, 7) is 9.56. The van der Waals surface area contributed by atoms with Crippen molar-refractivity contribution in [2.45, 2.75) is 6.92 Å². The van der Waals surface area contributed by atoms with Gasteiger partial charge in [-0.2, -0.15) is 0 Å². The number of rotatable bonds is 5. The van der Waals surface area contributed by atoms with Crippen molar-refractivity contribution in [2.24, 2.45) is 0 Å². The zero-order valence-electron chi connectivity index (χ0n) is 16.8. The van der Waals surface area contributed by atoms with Gasteiger partial charge in [0.15, 0.2) is 11.6 Å². The van der Waals surface area contributed by atoms with E-state index in [2.05, 4.69) is 24.9 Å². The molecule has 2 aliphatic heterocycles. The number of carbonyl (C=O) groups excluding carboxylic acids is 1. The van der Waals surface area contributed by atoms with Crippen LogP contribution in [0.3, 0.4) is 0 Å². The lowest BCUT2D eigenvalue weighted by Crippen LogP contribution is -2.49. The molecule has 0 spiro atoms. The third-order valence-corrected chi connectivity index (χ3v) is 6.62. The van der Waals surface area contributed by atoms with Gasteiger partial charge in [-0.15, -0.1) is 21.5 Å². The van der Waals surface area contributed by atoms with Crippen LogP contribution in [0.15, 0.2) is 23.6 Å². The molecule has 1 N–H and O–H groups in total. The zero-order valence-corrected chi connectivity index (χ0v) is 17.6. The second-order valence-corrected chi connectivity index (χ2v) is 8.48. The van der Waals surface area contributed by atoms with Crippen LogP contribution in [-0.4, -0.2) is 96.5 Å². The van der Waals surface area contributed by atoms with Crippen LogP contribution in [0, 0.1) is 6.92 Å². The topological polar surface area (TPSA) is 76.0 Å². The van der Waals surface area contributed by atoms with Crippen LogP contribution in [-0.2, 0) is 0 Å². The minimum Gasteiger partial charge on any atom is -0.395 e.